The summed E-state index contributed by atoms with van der Waals surface area (Å²) in [6.45, 7) is 5.60. The number of carbonyl (C=O) groups excluding carboxylic acids is 1. The van der Waals surface area contributed by atoms with Crippen LogP contribution in [0.1, 0.15) is 61.7 Å². The quantitative estimate of drug-likeness (QED) is 0.216. The predicted molar refractivity (Wildman–Crippen MR) is 131 cm³/mol. The molecular formula is C23H31B2LiO11. The Morgan fingerprint density at radius 1 is 0.892 bits per heavy atom. The van der Waals surface area contributed by atoms with Gasteiger partial charge >= 0.3 is 45.0 Å². The van der Waals surface area contributed by atoms with Gasteiger partial charge in [0.05, 0.1) is 31.7 Å². The minimum Gasteiger partial charge on any atom is -0.870 e. The first-order valence-electron chi connectivity index (χ1n) is 10.7. The van der Waals surface area contributed by atoms with Gasteiger partial charge in [-0.15, -0.1) is 0 Å². The maximum atomic E-state index is 11.5. The molecule has 2 heterocycles. The molecule has 2 aliphatic heterocycles. The number of rotatable bonds is 5. The number of carboxylic acids is 1. The van der Waals surface area contributed by atoms with E-state index >= 15 is 0 Å². The number of carboxylic acid groups (broad SMARTS) is 1. The smallest absolute Gasteiger partial charge is 0.870 e. The van der Waals surface area contributed by atoms with Crippen LogP contribution in [0.2, 0.25) is 0 Å². The fraction of sp³-hybridized carbons (Fsp3) is 0.391. The van der Waals surface area contributed by atoms with E-state index in [1.54, 1.807) is 26.8 Å². The molecule has 2 aromatic rings. The van der Waals surface area contributed by atoms with Gasteiger partial charge in [-0.2, -0.15) is 0 Å². The van der Waals surface area contributed by atoms with Crippen LogP contribution in [0.25, 0.3) is 0 Å². The van der Waals surface area contributed by atoms with Crippen LogP contribution >= 0.6 is 0 Å². The Balaban J connectivity index is 0.000000651. The van der Waals surface area contributed by atoms with Gasteiger partial charge in [-0.25, -0.2) is 0 Å². The van der Waals surface area contributed by atoms with Gasteiger partial charge < -0.3 is 44.9 Å². The Morgan fingerprint density at radius 3 is 1.68 bits per heavy atom. The van der Waals surface area contributed by atoms with Crippen molar-refractivity contribution in [1.29, 1.82) is 0 Å². The Hall–Kier alpha value is -2.49. The van der Waals surface area contributed by atoms with Gasteiger partial charge in [0.15, 0.2) is 0 Å². The number of phenolic OH excluding ortho intramolecular Hbond substituents is 2. The third-order valence-electron chi connectivity index (χ3n) is 5.59. The van der Waals surface area contributed by atoms with E-state index in [-0.39, 0.29) is 62.1 Å². The third kappa shape index (κ3) is 7.99. The van der Waals surface area contributed by atoms with Crippen LogP contribution in [-0.4, -0.2) is 63.6 Å². The fourth-order valence-electron chi connectivity index (χ4n) is 4.32. The second kappa shape index (κ2) is 14.4. The van der Waals surface area contributed by atoms with Gasteiger partial charge in [0.2, 0.25) is 0 Å². The Labute approximate surface area is 228 Å². The average molecular weight is 512 g/mol. The zero-order chi connectivity index (χ0) is 25.2. The number of esters is 1. The molecule has 2 atom stereocenters. The molecular weight excluding hydrogens is 481 g/mol. The summed E-state index contributed by atoms with van der Waals surface area (Å²) in [5, 5.41) is 46.9. The van der Waals surface area contributed by atoms with E-state index in [9.17, 15) is 29.9 Å². The molecule has 2 aromatic carbocycles. The molecule has 0 saturated heterocycles. The minimum absolute atomic E-state index is 0. The van der Waals surface area contributed by atoms with E-state index in [0.717, 1.165) is 16.7 Å². The van der Waals surface area contributed by atoms with Gasteiger partial charge in [-0.3, -0.25) is 9.59 Å². The number of aromatic hydroxyl groups is 2. The first kappa shape index (κ1) is 34.5. The molecule has 4 rings (SSSR count). The monoisotopic (exact) mass is 512 g/mol. The van der Waals surface area contributed by atoms with Crippen molar-refractivity contribution in [2.45, 2.75) is 53.2 Å². The number of aliphatic carboxylic acids is 1. The topological polar surface area (TPSA) is 193 Å². The molecule has 14 heteroatoms. The number of fused-ring (bicyclic) bond motifs is 2. The van der Waals surface area contributed by atoms with Gasteiger partial charge in [0.25, 0.3) is 0 Å². The molecule has 11 nitrogen and oxygen atoms in total. The van der Waals surface area contributed by atoms with Crippen LogP contribution in [0.3, 0.4) is 0 Å². The minimum atomic E-state index is -1.16. The van der Waals surface area contributed by atoms with Crippen molar-refractivity contribution in [2.24, 2.45) is 0 Å². The molecule has 6 N–H and O–H groups in total. The molecule has 0 radical (unpaired) electrons. The van der Waals surface area contributed by atoms with Crippen molar-refractivity contribution in [3.63, 3.8) is 0 Å². The number of benzene rings is 2. The molecule has 2 aliphatic rings. The van der Waals surface area contributed by atoms with E-state index < -0.39 is 32.4 Å². The van der Waals surface area contributed by atoms with Crippen LogP contribution in [0.4, 0.5) is 0 Å². The van der Waals surface area contributed by atoms with Crippen LogP contribution in [0, 0.1) is 13.8 Å². The maximum absolute atomic E-state index is 11.5. The van der Waals surface area contributed by atoms with Crippen LogP contribution < -0.4 is 29.8 Å². The number of aryl methyl sites for hydroxylation is 2. The normalized spacial score (nSPS) is 16.7. The molecule has 0 fully saturated rings. The van der Waals surface area contributed by atoms with E-state index in [2.05, 4.69) is 0 Å². The van der Waals surface area contributed by atoms with Crippen molar-refractivity contribution in [3.05, 3.63) is 46.5 Å². The van der Waals surface area contributed by atoms with E-state index in [1.165, 1.54) is 18.2 Å². The Kier molecular flexibility index (Phi) is 13.5. The largest absolute Gasteiger partial charge is 1.00 e. The van der Waals surface area contributed by atoms with Gasteiger partial charge in [-0.05, 0) is 78.2 Å². The first-order valence-corrected chi connectivity index (χ1v) is 10.7. The van der Waals surface area contributed by atoms with Crippen molar-refractivity contribution in [2.75, 3.05) is 6.61 Å². The molecule has 196 valence electrons. The molecule has 0 aliphatic carbocycles. The van der Waals surface area contributed by atoms with Gasteiger partial charge in [0.1, 0.15) is 11.5 Å². The fourth-order valence-corrected chi connectivity index (χ4v) is 4.32. The van der Waals surface area contributed by atoms with Crippen LogP contribution in [0.15, 0.2) is 24.3 Å². The molecule has 0 bridgehead atoms. The third-order valence-corrected chi connectivity index (χ3v) is 5.59. The summed E-state index contributed by atoms with van der Waals surface area (Å²) < 4.78 is 15.3. The first-order chi connectivity index (χ1) is 16.0. The van der Waals surface area contributed by atoms with E-state index in [0.29, 0.717) is 23.1 Å². The van der Waals surface area contributed by atoms with Crippen LogP contribution in [-0.2, 0) is 23.6 Å². The van der Waals surface area contributed by atoms with Gasteiger partial charge in [0, 0.05) is 0 Å². The summed E-state index contributed by atoms with van der Waals surface area (Å²) >= 11 is 0. The summed E-state index contributed by atoms with van der Waals surface area (Å²) in [6, 6.07) is 5.96. The SMILES string of the molecule is C.CCOC(=O)CC1OB(O)c2cc(O)cc(C)c21.Cc1cc(O)cc2c1C(CC(=O)O)OB2O.[Li+].[OH-]. The van der Waals surface area contributed by atoms with Crippen molar-refractivity contribution >= 4 is 37.1 Å². The molecule has 37 heavy (non-hydrogen) atoms. The molecule has 0 spiro atoms. The number of carbonyl (C=O) groups is 2. The van der Waals surface area contributed by atoms with Crippen molar-refractivity contribution < 1.29 is 73.3 Å². The average Bonchev–Trinajstić information content (AvgIpc) is 3.18. The predicted octanol–water partition coefficient (Wildman–Crippen LogP) is -2.19. The summed E-state index contributed by atoms with van der Waals surface area (Å²) in [6.07, 6.45) is -1.31. The van der Waals surface area contributed by atoms with Crippen molar-refractivity contribution in [3.8, 4) is 11.5 Å². The summed E-state index contributed by atoms with van der Waals surface area (Å²) in [5.74, 6) is -1.24. The summed E-state index contributed by atoms with van der Waals surface area (Å²) in [5.41, 5.74) is 3.89. The summed E-state index contributed by atoms with van der Waals surface area (Å²) in [4.78, 5) is 22.1. The summed E-state index contributed by atoms with van der Waals surface area (Å²) in [7, 11) is -2.27. The maximum Gasteiger partial charge on any atom is 1.00 e. The molecule has 2 unspecified atom stereocenters. The second-order valence-electron chi connectivity index (χ2n) is 8.09. The zero-order valence-corrected chi connectivity index (χ0v) is 20.5. The number of hydrogen-bond donors (Lipinski definition) is 5. The second-order valence-corrected chi connectivity index (χ2v) is 8.09. The number of hydrogen-bond acceptors (Lipinski definition) is 10. The zero-order valence-electron chi connectivity index (χ0n) is 20.5. The Morgan fingerprint density at radius 2 is 1.30 bits per heavy atom. The molecule has 0 aromatic heterocycles. The van der Waals surface area contributed by atoms with E-state index in [1.807, 2.05) is 0 Å². The van der Waals surface area contributed by atoms with Crippen molar-refractivity contribution in [1.82, 2.24) is 0 Å². The Bertz CT molecular complexity index is 1100. The van der Waals surface area contributed by atoms with Crippen LogP contribution in [0.5, 0.6) is 11.5 Å². The number of ether oxygens (including phenoxy) is 1. The van der Waals surface area contributed by atoms with E-state index in [4.69, 9.17) is 19.2 Å². The molecule has 0 saturated carbocycles. The number of phenols is 2. The standard InChI is InChI=1S/C12H15BO5.C10H11BO5.CH4.Li.H2O/c1-3-17-11(15)6-10-12-7(2)4-8(14)5-9(12)13(16)18-10;1-5-2-6(12)3-7-10(5)8(4-9(13)14)16-11(7)15;;;/h4-5,10,14,16H,3,6H2,1-2H3;2-3,8,12,15H,4H2,1H3,(H,13,14);1H4;;1H2/q;;;+1;/p-1. The molecule has 0 amide bonds. The van der Waals surface area contributed by atoms with Gasteiger partial charge in [-0.1, -0.05) is 7.43 Å².